The molecule has 1 aliphatic rings. The minimum atomic E-state index is 0.631. The summed E-state index contributed by atoms with van der Waals surface area (Å²) in [5.74, 6) is 2.50. The molecule has 0 aromatic heterocycles. The van der Waals surface area contributed by atoms with Gasteiger partial charge in [-0.15, -0.1) is 0 Å². The second-order valence-electron chi connectivity index (χ2n) is 5.50. The van der Waals surface area contributed by atoms with Gasteiger partial charge in [-0.3, -0.25) is 0 Å². The Bertz CT molecular complexity index is 535. The molecular formula is C18H21NO. The Morgan fingerprint density at radius 2 is 1.80 bits per heavy atom. The van der Waals surface area contributed by atoms with Gasteiger partial charge in [0.1, 0.15) is 12.4 Å². The van der Waals surface area contributed by atoms with Gasteiger partial charge in [0, 0.05) is 0 Å². The van der Waals surface area contributed by atoms with E-state index in [0.29, 0.717) is 6.61 Å². The molecule has 0 saturated heterocycles. The van der Waals surface area contributed by atoms with Crippen LogP contribution in [0.4, 0.5) is 0 Å². The second kappa shape index (κ2) is 6.10. The molecule has 1 saturated carbocycles. The SMILES string of the molecule is CNC[C@H]1C[C@H]1c1ccc(OCc2ccccc2)cc1. The highest BCUT2D eigenvalue weighted by atomic mass is 16.5. The van der Waals surface area contributed by atoms with Crippen molar-refractivity contribution in [2.45, 2.75) is 18.9 Å². The van der Waals surface area contributed by atoms with Crippen molar-refractivity contribution < 1.29 is 4.74 Å². The van der Waals surface area contributed by atoms with Crippen molar-refractivity contribution in [3.63, 3.8) is 0 Å². The maximum atomic E-state index is 5.81. The molecule has 0 amide bonds. The van der Waals surface area contributed by atoms with Crippen LogP contribution in [-0.2, 0) is 6.61 Å². The van der Waals surface area contributed by atoms with Gasteiger partial charge < -0.3 is 10.1 Å². The van der Waals surface area contributed by atoms with E-state index in [0.717, 1.165) is 24.1 Å². The fraction of sp³-hybridized carbons (Fsp3) is 0.333. The predicted molar refractivity (Wildman–Crippen MR) is 82.0 cm³/mol. The molecule has 2 atom stereocenters. The van der Waals surface area contributed by atoms with Crippen LogP contribution in [0.5, 0.6) is 5.75 Å². The highest BCUT2D eigenvalue weighted by Gasteiger charge is 2.37. The zero-order chi connectivity index (χ0) is 13.8. The van der Waals surface area contributed by atoms with Crippen molar-refractivity contribution in [3.8, 4) is 5.75 Å². The maximum absolute atomic E-state index is 5.81. The van der Waals surface area contributed by atoms with Crippen LogP contribution in [0.3, 0.4) is 0 Å². The lowest BCUT2D eigenvalue weighted by atomic mass is 10.1. The van der Waals surface area contributed by atoms with E-state index in [1.807, 2.05) is 25.2 Å². The van der Waals surface area contributed by atoms with E-state index in [9.17, 15) is 0 Å². The third kappa shape index (κ3) is 3.20. The van der Waals surface area contributed by atoms with E-state index in [1.54, 1.807) is 0 Å². The molecule has 0 aliphatic heterocycles. The van der Waals surface area contributed by atoms with Crippen molar-refractivity contribution in [3.05, 3.63) is 65.7 Å². The Morgan fingerprint density at radius 1 is 1.05 bits per heavy atom. The van der Waals surface area contributed by atoms with Crippen LogP contribution >= 0.6 is 0 Å². The molecule has 2 aromatic carbocycles. The summed E-state index contributed by atoms with van der Waals surface area (Å²) in [6.07, 6.45) is 1.31. The summed E-state index contributed by atoms with van der Waals surface area (Å²) in [5.41, 5.74) is 2.64. The zero-order valence-electron chi connectivity index (χ0n) is 11.9. The number of rotatable bonds is 6. The van der Waals surface area contributed by atoms with Gasteiger partial charge in [0.15, 0.2) is 0 Å². The van der Waals surface area contributed by atoms with E-state index in [1.165, 1.54) is 17.5 Å². The summed E-state index contributed by atoms with van der Waals surface area (Å²) < 4.78 is 5.81. The Morgan fingerprint density at radius 3 is 2.50 bits per heavy atom. The molecule has 3 rings (SSSR count). The highest BCUT2D eigenvalue weighted by Crippen LogP contribution is 2.47. The van der Waals surface area contributed by atoms with Crippen LogP contribution in [0, 0.1) is 5.92 Å². The molecule has 2 nitrogen and oxygen atoms in total. The number of benzene rings is 2. The molecule has 104 valence electrons. The first-order valence-corrected chi connectivity index (χ1v) is 7.28. The second-order valence-corrected chi connectivity index (χ2v) is 5.50. The van der Waals surface area contributed by atoms with Crippen LogP contribution in [0.2, 0.25) is 0 Å². The van der Waals surface area contributed by atoms with Gasteiger partial charge in [-0.2, -0.15) is 0 Å². The van der Waals surface area contributed by atoms with Crippen molar-refractivity contribution in [2.24, 2.45) is 5.92 Å². The zero-order valence-corrected chi connectivity index (χ0v) is 11.9. The van der Waals surface area contributed by atoms with E-state index < -0.39 is 0 Å². The number of hydrogen-bond acceptors (Lipinski definition) is 2. The fourth-order valence-corrected chi connectivity index (χ4v) is 2.70. The van der Waals surface area contributed by atoms with E-state index >= 15 is 0 Å². The monoisotopic (exact) mass is 267 g/mol. The normalized spacial score (nSPS) is 20.6. The standard InChI is InChI=1S/C18H21NO/c1-19-12-16-11-18(16)15-7-9-17(10-8-15)20-13-14-5-3-2-4-6-14/h2-10,16,18-19H,11-13H2,1H3/t16-,18+/m1/s1. The van der Waals surface area contributed by atoms with Gasteiger partial charge in [-0.1, -0.05) is 42.5 Å². The van der Waals surface area contributed by atoms with Crippen molar-refractivity contribution in [1.29, 1.82) is 0 Å². The predicted octanol–water partition coefficient (Wildman–Crippen LogP) is 3.59. The minimum Gasteiger partial charge on any atom is -0.489 e. The Hall–Kier alpha value is -1.80. The van der Waals surface area contributed by atoms with Crippen LogP contribution in [0.25, 0.3) is 0 Å². The summed E-state index contributed by atoms with van der Waals surface area (Å²) in [4.78, 5) is 0. The van der Waals surface area contributed by atoms with Crippen LogP contribution in [0.15, 0.2) is 54.6 Å². The van der Waals surface area contributed by atoms with Crippen molar-refractivity contribution in [1.82, 2.24) is 5.32 Å². The topological polar surface area (TPSA) is 21.3 Å². The molecule has 0 bridgehead atoms. The van der Waals surface area contributed by atoms with Crippen LogP contribution in [-0.4, -0.2) is 13.6 Å². The molecule has 1 aliphatic carbocycles. The first-order valence-electron chi connectivity index (χ1n) is 7.28. The smallest absolute Gasteiger partial charge is 0.119 e. The van der Waals surface area contributed by atoms with Crippen molar-refractivity contribution in [2.75, 3.05) is 13.6 Å². The Labute approximate surface area is 120 Å². The van der Waals surface area contributed by atoms with Crippen molar-refractivity contribution >= 4 is 0 Å². The summed E-state index contributed by atoms with van der Waals surface area (Å²) in [6, 6.07) is 18.9. The molecule has 2 aromatic rings. The first-order chi connectivity index (χ1) is 9.86. The van der Waals surface area contributed by atoms with Gasteiger partial charge in [0.2, 0.25) is 0 Å². The van der Waals surface area contributed by atoms with Gasteiger partial charge in [0.05, 0.1) is 0 Å². The first kappa shape index (κ1) is 13.2. The molecule has 0 radical (unpaired) electrons. The molecule has 2 heteroatoms. The molecule has 1 N–H and O–H groups in total. The summed E-state index contributed by atoms with van der Waals surface area (Å²) in [6.45, 7) is 1.75. The number of nitrogens with one attached hydrogen (secondary N) is 1. The van der Waals surface area contributed by atoms with Crippen LogP contribution < -0.4 is 10.1 Å². The van der Waals surface area contributed by atoms with Crippen LogP contribution in [0.1, 0.15) is 23.5 Å². The lowest BCUT2D eigenvalue weighted by molar-refractivity contribution is 0.306. The van der Waals surface area contributed by atoms with Gasteiger partial charge in [0.25, 0.3) is 0 Å². The molecule has 1 fully saturated rings. The van der Waals surface area contributed by atoms with E-state index in [4.69, 9.17) is 4.74 Å². The molecule has 0 spiro atoms. The number of hydrogen-bond donors (Lipinski definition) is 1. The summed E-state index contributed by atoms with van der Waals surface area (Å²) in [5, 5.41) is 3.25. The third-order valence-corrected chi connectivity index (χ3v) is 3.95. The third-order valence-electron chi connectivity index (χ3n) is 3.95. The minimum absolute atomic E-state index is 0.631. The summed E-state index contributed by atoms with van der Waals surface area (Å²) in [7, 11) is 2.02. The van der Waals surface area contributed by atoms with Gasteiger partial charge >= 0.3 is 0 Å². The lowest BCUT2D eigenvalue weighted by Gasteiger charge is -2.07. The average Bonchev–Trinajstić information content (AvgIpc) is 3.27. The van der Waals surface area contributed by atoms with E-state index in [-0.39, 0.29) is 0 Å². The molecule has 20 heavy (non-hydrogen) atoms. The number of ether oxygens (including phenoxy) is 1. The quantitative estimate of drug-likeness (QED) is 0.863. The van der Waals surface area contributed by atoms with E-state index in [2.05, 4.69) is 41.7 Å². The molecule has 0 heterocycles. The van der Waals surface area contributed by atoms with Gasteiger partial charge in [-0.05, 0) is 55.1 Å². The molecule has 0 unspecified atom stereocenters. The summed E-state index contributed by atoms with van der Waals surface area (Å²) >= 11 is 0. The highest BCUT2D eigenvalue weighted by molar-refractivity contribution is 5.33. The Kier molecular flexibility index (Phi) is 4.03. The lowest BCUT2D eigenvalue weighted by Crippen LogP contribution is -2.10. The molecular weight excluding hydrogens is 246 g/mol. The Balaban J connectivity index is 1.54. The average molecular weight is 267 g/mol. The maximum Gasteiger partial charge on any atom is 0.119 e. The largest absolute Gasteiger partial charge is 0.489 e. The fourth-order valence-electron chi connectivity index (χ4n) is 2.70. The van der Waals surface area contributed by atoms with Gasteiger partial charge in [-0.25, -0.2) is 0 Å².